The van der Waals surface area contributed by atoms with Crippen LogP contribution in [0.15, 0.2) is 48.9 Å². The zero-order chi connectivity index (χ0) is 21.1. The van der Waals surface area contributed by atoms with E-state index >= 15 is 0 Å². The van der Waals surface area contributed by atoms with Gasteiger partial charge in [-0.05, 0) is 50.1 Å². The number of halogens is 1. The number of rotatable bonds is 2. The van der Waals surface area contributed by atoms with Crippen molar-refractivity contribution in [3.8, 4) is 5.69 Å². The first kappa shape index (κ1) is 19.3. The van der Waals surface area contributed by atoms with Crippen molar-refractivity contribution in [2.75, 3.05) is 25.0 Å². The van der Waals surface area contributed by atoms with Crippen LogP contribution < -0.4 is 5.32 Å². The molecule has 6 rings (SSSR count). The monoisotopic (exact) mass is 435 g/mol. The molecule has 5 heterocycles. The fourth-order valence-corrected chi connectivity index (χ4v) is 5.67. The van der Waals surface area contributed by atoms with E-state index in [0.29, 0.717) is 6.61 Å². The number of likely N-dealkylation sites (tertiary alicyclic amines) is 1. The highest BCUT2D eigenvalue weighted by molar-refractivity contribution is 6.31. The molecule has 1 unspecified atom stereocenters. The van der Waals surface area contributed by atoms with Gasteiger partial charge in [0, 0.05) is 55.2 Å². The zero-order valence-corrected chi connectivity index (χ0v) is 18.4. The van der Waals surface area contributed by atoms with Gasteiger partial charge in [-0.3, -0.25) is 4.90 Å². The van der Waals surface area contributed by atoms with E-state index in [1.54, 1.807) is 0 Å². The molecule has 3 aliphatic heterocycles. The minimum absolute atomic E-state index is 0.0849. The molecule has 0 saturated carbocycles. The van der Waals surface area contributed by atoms with Crippen molar-refractivity contribution in [3.63, 3.8) is 0 Å². The van der Waals surface area contributed by atoms with E-state index in [1.165, 1.54) is 11.3 Å². The Balaban J connectivity index is 1.21. The second-order valence-corrected chi connectivity index (χ2v) is 9.63. The maximum atomic E-state index is 6.60. The normalized spacial score (nSPS) is 24.2. The Kier molecular flexibility index (Phi) is 4.39. The minimum Gasteiger partial charge on any atom is -0.372 e. The molecule has 2 aromatic heterocycles. The molecule has 1 aromatic carbocycles. The summed E-state index contributed by atoms with van der Waals surface area (Å²) in [6.45, 7) is 5.54. The van der Waals surface area contributed by atoms with Gasteiger partial charge in [0.05, 0.1) is 29.3 Å². The van der Waals surface area contributed by atoms with Crippen molar-refractivity contribution in [3.05, 3.63) is 71.0 Å². The highest BCUT2D eigenvalue weighted by Gasteiger charge is 2.53. The summed E-state index contributed by atoms with van der Waals surface area (Å²) in [6, 6.07) is 10.4. The van der Waals surface area contributed by atoms with E-state index in [2.05, 4.69) is 49.1 Å². The number of anilines is 1. The standard InChI is InChI=1S/C24H26ClN5O/c1-17-26-12-18(13-27-17)14-29-9-6-23(7-10-29)15-24(16-31-23)22-3-2-8-30(22)21-5-4-19(25)11-20(21)28-24/h2-5,8,11-13,28H,6-7,9-10,14-16H2,1H3. The Labute approximate surface area is 187 Å². The van der Waals surface area contributed by atoms with Gasteiger partial charge in [0.25, 0.3) is 0 Å². The lowest BCUT2D eigenvalue weighted by Crippen LogP contribution is -2.46. The molecule has 0 bridgehead atoms. The fourth-order valence-electron chi connectivity index (χ4n) is 5.49. The lowest BCUT2D eigenvalue weighted by molar-refractivity contribution is -0.0452. The number of hydrogen-bond acceptors (Lipinski definition) is 5. The molecule has 6 nitrogen and oxygen atoms in total. The summed E-state index contributed by atoms with van der Waals surface area (Å²) in [7, 11) is 0. The van der Waals surface area contributed by atoms with Gasteiger partial charge in [0.2, 0.25) is 0 Å². The zero-order valence-electron chi connectivity index (χ0n) is 17.6. The van der Waals surface area contributed by atoms with E-state index in [9.17, 15) is 0 Å². The van der Waals surface area contributed by atoms with Gasteiger partial charge in [0.15, 0.2) is 0 Å². The smallest absolute Gasteiger partial charge is 0.125 e. The Morgan fingerprint density at radius 2 is 1.97 bits per heavy atom. The molecule has 7 heteroatoms. The largest absolute Gasteiger partial charge is 0.372 e. The summed E-state index contributed by atoms with van der Waals surface area (Å²) >= 11 is 6.31. The number of piperidine rings is 1. The van der Waals surface area contributed by atoms with E-state index in [0.717, 1.165) is 61.1 Å². The van der Waals surface area contributed by atoms with Gasteiger partial charge in [-0.25, -0.2) is 9.97 Å². The van der Waals surface area contributed by atoms with Crippen molar-refractivity contribution in [2.45, 2.75) is 43.9 Å². The van der Waals surface area contributed by atoms with Crippen molar-refractivity contribution < 1.29 is 4.74 Å². The highest BCUT2D eigenvalue weighted by Crippen LogP contribution is 2.50. The molecule has 2 spiro atoms. The van der Waals surface area contributed by atoms with E-state index in [-0.39, 0.29) is 11.1 Å². The summed E-state index contributed by atoms with van der Waals surface area (Å²) < 4.78 is 8.89. The van der Waals surface area contributed by atoms with Crippen LogP contribution in [-0.4, -0.2) is 44.7 Å². The molecule has 0 aliphatic carbocycles. The molecule has 1 atom stereocenters. The Morgan fingerprint density at radius 3 is 2.77 bits per heavy atom. The van der Waals surface area contributed by atoms with Crippen molar-refractivity contribution in [2.24, 2.45) is 0 Å². The van der Waals surface area contributed by atoms with Crippen molar-refractivity contribution >= 4 is 17.3 Å². The van der Waals surface area contributed by atoms with Crippen LogP contribution in [0.1, 0.15) is 36.3 Å². The summed E-state index contributed by atoms with van der Waals surface area (Å²) in [4.78, 5) is 11.1. The summed E-state index contributed by atoms with van der Waals surface area (Å²) in [5.74, 6) is 0.818. The lowest BCUT2D eigenvalue weighted by Gasteiger charge is -2.41. The molecule has 0 radical (unpaired) electrons. The maximum Gasteiger partial charge on any atom is 0.125 e. The van der Waals surface area contributed by atoms with Crippen LogP contribution in [0.4, 0.5) is 5.69 Å². The molecule has 160 valence electrons. The predicted molar refractivity (Wildman–Crippen MR) is 121 cm³/mol. The van der Waals surface area contributed by atoms with Gasteiger partial charge in [-0.1, -0.05) is 11.6 Å². The molecule has 3 aliphatic rings. The predicted octanol–water partition coefficient (Wildman–Crippen LogP) is 4.31. The summed E-state index contributed by atoms with van der Waals surface area (Å²) in [5, 5.41) is 4.57. The van der Waals surface area contributed by atoms with Gasteiger partial charge in [-0.15, -0.1) is 0 Å². The molecular formula is C24H26ClN5O. The number of hydrogen-bond donors (Lipinski definition) is 1. The maximum absolute atomic E-state index is 6.60. The Morgan fingerprint density at radius 1 is 1.16 bits per heavy atom. The van der Waals surface area contributed by atoms with E-state index in [1.807, 2.05) is 31.5 Å². The quantitative estimate of drug-likeness (QED) is 0.650. The van der Waals surface area contributed by atoms with E-state index < -0.39 is 0 Å². The molecule has 2 saturated heterocycles. The SMILES string of the molecule is Cc1ncc(CN2CCC3(CC2)CC2(CO3)Nc3cc(Cl)ccc3-n3cccc32)cn1. The molecular weight excluding hydrogens is 410 g/mol. The van der Waals surface area contributed by atoms with Crippen LogP contribution >= 0.6 is 11.6 Å². The van der Waals surface area contributed by atoms with Crippen LogP contribution in [0.25, 0.3) is 5.69 Å². The van der Waals surface area contributed by atoms with Gasteiger partial charge >= 0.3 is 0 Å². The number of aromatic nitrogens is 3. The highest BCUT2D eigenvalue weighted by atomic mass is 35.5. The number of ether oxygens (including phenoxy) is 1. The molecule has 1 N–H and O–H groups in total. The third-order valence-electron chi connectivity index (χ3n) is 7.09. The van der Waals surface area contributed by atoms with Gasteiger partial charge in [-0.2, -0.15) is 0 Å². The van der Waals surface area contributed by atoms with Crippen molar-refractivity contribution in [1.82, 2.24) is 19.4 Å². The number of nitrogens with one attached hydrogen (secondary N) is 1. The summed E-state index contributed by atoms with van der Waals surface area (Å²) in [6.07, 6.45) is 9.06. The topological polar surface area (TPSA) is 55.2 Å². The first-order chi connectivity index (χ1) is 15.0. The van der Waals surface area contributed by atoms with Gasteiger partial charge < -0.3 is 14.6 Å². The van der Waals surface area contributed by atoms with Crippen LogP contribution in [0, 0.1) is 6.92 Å². The minimum atomic E-state index is -0.214. The summed E-state index contributed by atoms with van der Waals surface area (Å²) in [5.41, 5.74) is 4.37. The molecule has 2 fully saturated rings. The average Bonchev–Trinajstić information content (AvgIpc) is 3.39. The molecule has 31 heavy (non-hydrogen) atoms. The van der Waals surface area contributed by atoms with E-state index in [4.69, 9.17) is 16.3 Å². The third-order valence-corrected chi connectivity index (χ3v) is 7.32. The number of fused-ring (bicyclic) bond motifs is 4. The average molecular weight is 436 g/mol. The second kappa shape index (κ2) is 7.05. The Hall–Kier alpha value is -2.41. The van der Waals surface area contributed by atoms with Crippen LogP contribution in [0.3, 0.4) is 0 Å². The Bertz CT molecular complexity index is 1120. The molecule has 3 aromatic rings. The lowest BCUT2D eigenvalue weighted by atomic mass is 9.79. The molecule has 0 amide bonds. The number of aryl methyl sites for hydroxylation is 1. The second-order valence-electron chi connectivity index (χ2n) is 9.20. The van der Waals surface area contributed by atoms with Gasteiger partial charge in [0.1, 0.15) is 11.4 Å². The number of nitrogens with zero attached hydrogens (tertiary/aromatic N) is 4. The van der Waals surface area contributed by atoms with Crippen molar-refractivity contribution in [1.29, 1.82) is 0 Å². The third kappa shape index (κ3) is 3.25. The first-order valence-corrected chi connectivity index (χ1v) is 11.3. The first-order valence-electron chi connectivity index (χ1n) is 10.9. The number of benzene rings is 1. The van der Waals surface area contributed by atoms with Crippen LogP contribution in [0.2, 0.25) is 5.02 Å². The van der Waals surface area contributed by atoms with Crippen LogP contribution in [0.5, 0.6) is 0 Å². The fraction of sp³-hybridized carbons (Fsp3) is 0.417. The van der Waals surface area contributed by atoms with Crippen LogP contribution in [-0.2, 0) is 16.8 Å².